The van der Waals surface area contributed by atoms with Gasteiger partial charge in [0.05, 0.1) is 7.11 Å². The summed E-state index contributed by atoms with van der Waals surface area (Å²) in [5, 5.41) is 3.24. The number of methoxy groups -OCH3 is 2. The van der Waals surface area contributed by atoms with E-state index >= 15 is 0 Å². The molecule has 0 aliphatic carbocycles. The Labute approximate surface area is 98.7 Å². The highest BCUT2D eigenvalue weighted by atomic mass is 16.5. The van der Waals surface area contributed by atoms with Gasteiger partial charge < -0.3 is 14.8 Å². The molecule has 0 rings (SSSR count). The zero-order valence-electron chi connectivity index (χ0n) is 11.1. The molecule has 0 heterocycles. The Bertz CT molecular complexity index is 204. The van der Waals surface area contributed by atoms with Gasteiger partial charge in [0.1, 0.15) is 6.04 Å². The number of carbonyl (C=O) groups excluding carboxylic acids is 1. The first-order valence-electron chi connectivity index (χ1n) is 5.77. The van der Waals surface area contributed by atoms with Crippen molar-refractivity contribution >= 4 is 5.97 Å². The Balaban J connectivity index is 4.04. The van der Waals surface area contributed by atoms with Crippen LogP contribution in [0, 0.1) is 5.41 Å². The summed E-state index contributed by atoms with van der Waals surface area (Å²) in [6.45, 7) is 7.80. The molecule has 0 bridgehead atoms. The van der Waals surface area contributed by atoms with Crippen LogP contribution in [0.3, 0.4) is 0 Å². The molecule has 0 aliphatic heterocycles. The number of hydrogen-bond acceptors (Lipinski definition) is 4. The van der Waals surface area contributed by atoms with Crippen LogP contribution in [-0.2, 0) is 14.3 Å². The van der Waals surface area contributed by atoms with E-state index in [-0.39, 0.29) is 17.4 Å². The number of nitrogens with one attached hydrogen (secondary N) is 1. The van der Waals surface area contributed by atoms with Crippen molar-refractivity contribution in [2.45, 2.75) is 39.7 Å². The lowest BCUT2D eigenvalue weighted by Gasteiger charge is -2.27. The maximum Gasteiger partial charge on any atom is 0.322 e. The fourth-order valence-corrected chi connectivity index (χ4v) is 1.40. The van der Waals surface area contributed by atoms with Crippen molar-refractivity contribution in [2.75, 3.05) is 27.4 Å². The topological polar surface area (TPSA) is 47.6 Å². The predicted molar refractivity (Wildman–Crippen MR) is 64.4 cm³/mol. The van der Waals surface area contributed by atoms with Gasteiger partial charge in [-0.25, -0.2) is 0 Å². The maximum atomic E-state index is 11.4. The molecule has 1 N–H and O–H groups in total. The van der Waals surface area contributed by atoms with Crippen LogP contribution >= 0.6 is 0 Å². The highest BCUT2D eigenvalue weighted by molar-refractivity contribution is 5.75. The van der Waals surface area contributed by atoms with Crippen LogP contribution in [0.15, 0.2) is 0 Å². The zero-order chi connectivity index (χ0) is 12.6. The Morgan fingerprint density at radius 3 is 2.44 bits per heavy atom. The zero-order valence-corrected chi connectivity index (χ0v) is 11.1. The predicted octanol–water partition coefficient (Wildman–Crippen LogP) is 1.59. The van der Waals surface area contributed by atoms with E-state index in [1.807, 2.05) is 6.92 Å². The van der Waals surface area contributed by atoms with Crippen LogP contribution in [0.4, 0.5) is 0 Å². The first kappa shape index (κ1) is 15.4. The van der Waals surface area contributed by atoms with E-state index in [4.69, 9.17) is 9.47 Å². The number of ether oxygens (including phenoxy) is 2. The van der Waals surface area contributed by atoms with Crippen LogP contribution in [0.5, 0.6) is 0 Å². The van der Waals surface area contributed by atoms with Crippen LogP contribution < -0.4 is 5.32 Å². The number of esters is 1. The van der Waals surface area contributed by atoms with E-state index in [9.17, 15) is 4.79 Å². The van der Waals surface area contributed by atoms with Gasteiger partial charge in [0, 0.05) is 20.3 Å². The van der Waals surface area contributed by atoms with Crippen LogP contribution in [-0.4, -0.2) is 39.4 Å². The highest BCUT2D eigenvalue weighted by Crippen LogP contribution is 2.19. The minimum absolute atomic E-state index is 0.122. The van der Waals surface area contributed by atoms with Crippen molar-refractivity contribution in [1.82, 2.24) is 5.32 Å². The minimum Gasteiger partial charge on any atom is -0.468 e. The van der Waals surface area contributed by atoms with Crippen LogP contribution in [0.2, 0.25) is 0 Å². The Morgan fingerprint density at radius 2 is 2.00 bits per heavy atom. The van der Waals surface area contributed by atoms with Crippen molar-refractivity contribution < 1.29 is 14.3 Å². The second-order valence-electron chi connectivity index (χ2n) is 4.77. The number of carbonyl (C=O) groups is 1. The summed E-state index contributed by atoms with van der Waals surface area (Å²) in [6.07, 6.45) is 1.71. The summed E-state index contributed by atoms with van der Waals surface area (Å²) in [7, 11) is 3.12. The lowest BCUT2D eigenvalue weighted by Crippen LogP contribution is -2.42. The third-order valence-electron chi connectivity index (χ3n) is 2.70. The van der Waals surface area contributed by atoms with Gasteiger partial charge in [0.25, 0.3) is 0 Å². The van der Waals surface area contributed by atoms with E-state index < -0.39 is 0 Å². The summed E-state index contributed by atoms with van der Waals surface area (Å²) in [5.41, 5.74) is 0.122. The molecule has 0 aromatic heterocycles. The summed E-state index contributed by atoms with van der Waals surface area (Å²) < 4.78 is 9.78. The normalized spacial score (nSPS) is 13.6. The van der Waals surface area contributed by atoms with Gasteiger partial charge in [0.2, 0.25) is 0 Å². The average molecular weight is 231 g/mol. The first-order chi connectivity index (χ1) is 7.46. The minimum atomic E-state index is -0.202. The van der Waals surface area contributed by atoms with Gasteiger partial charge in [0.15, 0.2) is 0 Å². The number of hydrogen-bond donors (Lipinski definition) is 1. The molecule has 0 radical (unpaired) electrons. The molecular formula is C12H25NO3. The van der Waals surface area contributed by atoms with Crippen LogP contribution in [0.25, 0.3) is 0 Å². The summed E-state index contributed by atoms with van der Waals surface area (Å²) in [6, 6.07) is -0.202. The standard InChI is InChI=1S/C12H25NO3/c1-6-10(11(14)16-5)13-9-12(2,3)7-8-15-4/h10,13H,6-9H2,1-5H3. The molecule has 0 saturated heterocycles. The van der Waals surface area contributed by atoms with Gasteiger partial charge >= 0.3 is 5.97 Å². The Kier molecular flexibility index (Phi) is 7.34. The van der Waals surface area contributed by atoms with Crippen LogP contribution in [0.1, 0.15) is 33.6 Å². The molecule has 0 aromatic rings. The van der Waals surface area contributed by atoms with E-state index in [1.165, 1.54) is 7.11 Å². The smallest absolute Gasteiger partial charge is 0.322 e. The third-order valence-corrected chi connectivity index (χ3v) is 2.70. The van der Waals surface area contributed by atoms with E-state index in [2.05, 4.69) is 19.2 Å². The summed E-state index contributed by atoms with van der Waals surface area (Å²) >= 11 is 0. The molecule has 1 unspecified atom stereocenters. The van der Waals surface area contributed by atoms with Crippen molar-refractivity contribution in [3.63, 3.8) is 0 Å². The molecule has 1 atom stereocenters. The molecule has 0 aliphatic rings. The largest absolute Gasteiger partial charge is 0.468 e. The van der Waals surface area contributed by atoms with Gasteiger partial charge in [-0.1, -0.05) is 20.8 Å². The molecule has 0 saturated carbocycles. The summed E-state index contributed by atoms with van der Waals surface area (Å²) in [5.74, 6) is -0.190. The molecule has 16 heavy (non-hydrogen) atoms. The monoisotopic (exact) mass is 231 g/mol. The molecule has 0 fully saturated rings. The highest BCUT2D eigenvalue weighted by Gasteiger charge is 2.22. The molecule has 0 amide bonds. The average Bonchev–Trinajstić information content (AvgIpc) is 2.26. The summed E-state index contributed by atoms with van der Waals surface area (Å²) in [4.78, 5) is 11.4. The SMILES string of the molecule is CCC(NCC(C)(C)CCOC)C(=O)OC. The van der Waals surface area contributed by atoms with Crippen molar-refractivity contribution in [2.24, 2.45) is 5.41 Å². The first-order valence-corrected chi connectivity index (χ1v) is 5.77. The molecule has 4 nitrogen and oxygen atoms in total. The maximum absolute atomic E-state index is 11.4. The molecule has 96 valence electrons. The van der Waals surface area contributed by atoms with Gasteiger partial charge in [-0.15, -0.1) is 0 Å². The van der Waals surface area contributed by atoms with Crippen molar-refractivity contribution in [3.05, 3.63) is 0 Å². The molecule has 4 heteroatoms. The Morgan fingerprint density at radius 1 is 1.38 bits per heavy atom. The van der Waals surface area contributed by atoms with E-state index in [0.29, 0.717) is 0 Å². The van der Waals surface area contributed by atoms with Gasteiger partial charge in [-0.2, -0.15) is 0 Å². The van der Waals surface area contributed by atoms with Crippen molar-refractivity contribution in [3.8, 4) is 0 Å². The fraction of sp³-hybridized carbons (Fsp3) is 0.917. The molecular weight excluding hydrogens is 206 g/mol. The van der Waals surface area contributed by atoms with E-state index in [1.54, 1.807) is 7.11 Å². The van der Waals surface area contributed by atoms with Crippen molar-refractivity contribution in [1.29, 1.82) is 0 Å². The Hall–Kier alpha value is -0.610. The third kappa shape index (κ3) is 6.08. The van der Waals surface area contributed by atoms with E-state index in [0.717, 1.165) is 26.0 Å². The lowest BCUT2D eigenvalue weighted by atomic mass is 9.89. The fourth-order valence-electron chi connectivity index (χ4n) is 1.40. The second kappa shape index (κ2) is 7.63. The molecule has 0 aromatic carbocycles. The number of rotatable bonds is 8. The lowest BCUT2D eigenvalue weighted by molar-refractivity contribution is -0.143. The quantitative estimate of drug-likeness (QED) is 0.644. The van der Waals surface area contributed by atoms with Gasteiger partial charge in [-0.3, -0.25) is 4.79 Å². The molecule has 0 spiro atoms. The second-order valence-corrected chi connectivity index (χ2v) is 4.77. The van der Waals surface area contributed by atoms with Gasteiger partial charge in [-0.05, 0) is 18.3 Å².